The fraction of sp³-hybridized carbons (Fsp3) is 0.455. The van der Waals surface area contributed by atoms with E-state index < -0.39 is 0 Å². The first-order valence-corrected chi connectivity index (χ1v) is 10.4. The van der Waals surface area contributed by atoms with Crippen molar-refractivity contribution in [3.8, 4) is 0 Å². The highest BCUT2D eigenvalue weighted by atomic mass is 16.2. The minimum Gasteiger partial charge on any atom is -0.353 e. The third kappa shape index (κ3) is 4.55. The molecule has 0 aliphatic carbocycles. The number of aromatic nitrogens is 2. The Balaban J connectivity index is 1.40. The monoisotopic (exact) mass is 393 g/mol. The molecule has 2 aromatic rings. The van der Waals surface area contributed by atoms with Crippen molar-refractivity contribution in [2.75, 3.05) is 44.2 Å². The van der Waals surface area contributed by atoms with Crippen LogP contribution in [0.5, 0.6) is 0 Å². The molecule has 2 fully saturated rings. The van der Waals surface area contributed by atoms with Crippen molar-refractivity contribution in [3.63, 3.8) is 0 Å². The zero-order valence-electron chi connectivity index (χ0n) is 16.7. The van der Waals surface area contributed by atoms with Crippen molar-refractivity contribution in [2.24, 2.45) is 0 Å². The number of piperazine rings is 1. The van der Waals surface area contributed by atoms with Gasteiger partial charge in [-0.25, -0.2) is 9.97 Å². The van der Waals surface area contributed by atoms with Gasteiger partial charge in [-0.05, 0) is 37.1 Å². The lowest BCUT2D eigenvalue weighted by Crippen LogP contribution is -2.49. The molecule has 29 heavy (non-hydrogen) atoms. The quantitative estimate of drug-likeness (QED) is 0.801. The molecular weight excluding hydrogens is 366 g/mol. The van der Waals surface area contributed by atoms with Crippen molar-refractivity contribution in [3.05, 3.63) is 54.0 Å². The SMILES string of the molecule is O=C(c1cccc(C(=O)N2CCN(c3ccccn3)CC2)n1)N1CCCCCC1. The van der Waals surface area contributed by atoms with Crippen LogP contribution >= 0.6 is 0 Å². The Hall–Kier alpha value is -2.96. The van der Waals surface area contributed by atoms with E-state index in [1.54, 1.807) is 24.4 Å². The number of carbonyl (C=O) groups excluding carboxylic acids is 2. The largest absolute Gasteiger partial charge is 0.353 e. The summed E-state index contributed by atoms with van der Waals surface area (Å²) in [6, 6.07) is 11.0. The molecule has 0 saturated carbocycles. The van der Waals surface area contributed by atoms with Crippen LogP contribution in [0, 0.1) is 0 Å². The van der Waals surface area contributed by atoms with E-state index >= 15 is 0 Å². The second-order valence-electron chi connectivity index (χ2n) is 7.58. The molecule has 4 heterocycles. The number of carbonyl (C=O) groups is 2. The minimum absolute atomic E-state index is 0.0680. The van der Waals surface area contributed by atoms with E-state index in [1.165, 1.54) is 12.8 Å². The summed E-state index contributed by atoms with van der Waals surface area (Å²) in [5, 5.41) is 0. The number of nitrogens with zero attached hydrogens (tertiary/aromatic N) is 5. The lowest BCUT2D eigenvalue weighted by Gasteiger charge is -2.35. The summed E-state index contributed by atoms with van der Waals surface area (Å²) in [5.41, 5.74) is 0.710. The van der Waals surface area contributed by atoms with Crippen LogP contribution in [-0.4, -0.2) is 70.9 Å². The molecule has 0 aromatic carbocycles. The number of hydrogen-bond donors (Lipinski definition) is 0. The maximum absolute atomic E-state index is 13.0. The van der Waals surface area contributed by atoms with Crippen LogP contribution in [0.15, 0.2) is 42.6 Å². The highest BCUT2D eigenvalue weighted by Crippen LogP contribution is 2.16. The zero-order valence-corrected chi connectivity index (χ0v) is 16.7. The number of hydrogen-bond acceptors (Lipinski definition) is 5. The molecule has 2 aliphatic rings. The van der Waals surface area contributed by atoms with Gasteiger partial charge in [-0.2, -0.15) is 0 Å². The van der Waals surface area contributed by atoms with E-state index in [0.29, 0.717) is 24.5 Å². The number of likely N-dealkylation sites (tertiary alicyclic amines) is 1. The van der Waals surface area contributed by atoms with Crippen LogP contribution < -0.4 is 4.90 Å². The van der Waals surface area contributed by atoms with Crippen LogP contribution in [0.2, 0.25) is 0 Å². The molecule has 0 unspecified atom stereocenters. The molecule has 0 spiro atoms. The lowest BCUT2D eigenvalue weighted by molar-refractivity contribution is 0.0737. The Morgan fingerprint density at radius 2 is 1.31 bits per heavy atom. The molecular formula is C22H27N5O2. The molecule has 2 aromatic heterocycles. The van der Waals surface area contributed by atoms with Gasteiger partial charge in [0.25, 0.3) is 11.8 Å². The van der Waals surface area contributed by atoms with Gasteiger partial charge < -0.3 is 14.7 Å². The standard InChI is InChI=1S/C22H27N5O2/c28-21(26-12-5-1-2-6-13-26)18-8-7-9-19(24-18)22(29)27-16-14-25(15-17-27)20-10-3-4-11-23-20/h3-4,7-11H,1-2,5-6,12-17H2. The Morgan fingerprint density at radius 3 is 1.90 bits per heavy atom. The van der Waals surface area contributed by atoms with Gasteiger partial charge in [0.2, 0.25) is 0 Å². The van der Waals surface area contributed by atoms with E-state index in [4.69, 9.17) is 0 Å². The summed E-state index contributed by atoms with van der Waals surface area (Å²) in [6.45, 7) is 4.23. The van der Waals surface area contributed by atoms with Crippen molar-refractivity contribution in [1.29, 1.82) is 0 Å². The summed E-state index contributed by atoms with van der Waals surface area (Å²) in [5.74, 6) is 0.750. The number of rotatable bonds is 3. The van der Waals surface area contributed by atoms with Gasteiger partial charge in [-0.3, -0.25) is 9.59 Å². The van der Waals surface area contributed by atoms with E-state index in [9.17, 15) is 9.59 Å². The third-order valence-electron chi connectivity index (χ3n) is 5.62. The number of amides is 2. The normalized spacial score (nSPS) is 17.7. The average Bonchev–Trinajstić information content (AvgIpc) is 3.08. The molecule has 0 bridgehead atoms. The molecule has 0 radical (unpaired) electrons. The van der Waals surface area contributed by atoms with E-state index in [1.807, 2.05) is 28.0 Å². The summed E-state index contributed by atoms with van der Waals surface area (Å²) in [6.07, 6.45) is 6.18. The zero-order chi connectivity index (χ0) is 20.1. The summed E-state index contributed by atoms with van der Waals surface area (Å²) in [4.78, 5) is 40.4. The Morgan fingerprint density at radius 1 is 0.690 bits per heavy atom. The first-order valence-electron chi connectivity index (χ1n) is 10.4. The van der Waals surface area contributed by atoms with Crippen LogP contribution in [0.4, 0.5) is 5.82 Å². The van der Waals surface area contributed by atoms with Gasteiger partial charge in [0.05, 0.1) is 0 Å². The van der Waals surface area contributed by atoms with Gasteiger partial charge in [0.1, 0.15) is 17.2 Å². The lowest BCUT2D eigenvalue weighted by atomic mass is 10.2. The van der Waals surface area contributed by atoms with Crippen LogP contribution in [0.3, 0.4) is 0 Å². The number of anilines is 1. The van der Waals surface area contributed by atoms with Crippen molar-refractivity contribution in [2.45, 2.75) is 25.7 Å². The van der Waals surface area contributed by atoms with Gasteiger partial charge in [-0.15, -0.1) is 0 Å². The maximum atomic E-state index is 13.0. The Labute approximate surface area is 171 Å². The van der Waals surface area contributed by atoms with Crippen LogP contribution in [0.1, 0.15) is 46.7 Å². The van der Waals surface area contributed by atoms with Gasteiger partial charge in [0, 0.05) is 45.5 Å². The predicted octanol–water partition coefficient (Wildman–Crippen LogP) is 2.46. The fourth-order valence-electron chi connectivity index (χ4n) is 3.95. The van der Waals surface area contributed by atoms with E-state index in [0.717, 1.165) is 44.8 Å². The van der Waals surface area contributed by atoms with Gasteiger partial charge in [0.15, 0.2) is 0 Å². The third-order valence-corrected chi connectivity index (χ3v) is 5.62. The average molecular weight is 393 g/mol. The highest BCUT2D eigenvalue weighted by molar-refractivity contribution is 5.96. The number of pyridine rings is 2. The Bertz CT molecular complexity index is 841. The fourth-order valence-corrected chi connectivity index (χ4v) is 3.95. The summed E-state index contributed by atoms with van der Waals surface area (Å²) >= 11 is 0. The van der Waals surface area contributed by atoms with Crippen molar-refractivity contribution in [1.82, 2.24) is 19.8 Å². The second kappa shape index (κ2) is 9.03. The Kier molecular flexibility index (Phi) is 6.03. The van der Waals surface area contributed by atoms with Crippen LogP contribution in [-0.2, 0) is 0 Å². The summed E-state index contributed by atoms with van der Waals surface area (Å²) < 4.78 is 0. The molecule has 2 amide bonds. The molecule has 4 rings (SSSR count). The topological polar surface area (TPSA) is 69.6 Å². The molecule has 2 aliphatic heterocycles. The van der Waals surface area contributed by atoms with Gasteiger partial charge >= 0.3 is 0 Å². The minimum atomic E-state index is -0.115. The van der Waals surface area contributed by atoms with Crippen molar-refractivity contribution < 1.29 is 9.59 Å². The van der Waals surface area contributed by atoms with Gasteiger partial charge in [-0.1, -0.05) is 25.0 Å². The van der Waals surface area contributed by atoms with Crippen molar-refractivity contribution >= 4 is 17.6 Å². The first kappa shape index (κ1) is 19.4. The smallest absolute Gasteiger partial charge is 0.272 e. The molecule has 7 heteroatoms. The maximum Gasteiger partial charge on any atom is 0.272 e. The highest BCUT2D eigenvalue weighted by Gasteiger charge is 2.25. The molecule has 0 N–H and O–H groups in total. The molecule has 152 valence electrons. The van der Waals surface area contributed by atoms with Crippen LogP contribution in [0.25, 0.3) is 0 Å². The second-order valence-corrected chi connectivity index (χ2v) is 7.58. The molecule has 7 nitrogen and oxygen atoms in total. The molecule has 0 atom stereocenters. The summed E-state index contributed by atoms with van der Waals surface area (Å²) in [7, 11) is 0. The predicted molar refractivity (Wildman–Crippen MR) is 111 cm³/mol. The molecule has 2 saturated heterocycles. The first-order chi connectivity index (χ1) is 14.2. The van der Waals surface area contributed by atoms with E-state index in [2.05, 4.69) is 14.9 Å². The van der Waals surface area contributed by atoms with E-state index in [-0.39, 0.29) is 11.8 Å².